The molecule has 2 aromatic carbocycles. The van der Waals surface area contributed by atoms with Crippen LogP contribution in [0, 0.1) is 5.41 Å². The Balaban J connectivity index is 0.000000487. The molecule has 0 aliphatic rings. The Morgan fingerprint density at radius 2 is 1.38 bits per heavy atom. The Bertz CT molecular complexity index is 706. The quantitative estimate of drug-likeness (QED) is 0.758. The second-order valence-electron chi connectivity index (χ2n) is 6.30. The normalized spacial score (nSPS) is 11.0. The van der Waals surface area contributed by atoms with E-state index in [-0.39, 0.29) is 5.91 Å². The molecule has 2 rings (SSSR count). The number of aldehydes is 1. The van der Waals surface area contributed by atoms with E-state index in [1.807, 2.05) is 75.4 Å². The van der Waals surface area contributed by atoms with E-state index >= 15 is 0 Å². The van der Waals surface area contributed by atoms with Gasteiger partial charge in [-0.15, -0.1) is 0 Å². The second kappa shape index (κ2) is 9.03. The summed E-state index contributed by atoms with van der Waals surface area (Å²) in [6, 6.07) is 16.9. The molecule has 140 valence electrons. The number of carbonyl (C=O) groups excluding carboxylic acids is 2. The van der Waals surface area contributed by atoms with Gasteiger partial charge >= 0.3 is 6.18 Å². The first-order valence-electron chi connectivity index (χ1n) is 7.69. The third-order valence-corrected chi connectivity index (χ3v) is 2.91. The standard InChI is InChI=1S/C17H19NO2.C2HF3O/c1-17(2,3)16(19)18-13-9-11-15(12-10-13)20-14-7-5-4-6-8-14;3-2(4,5)1-6/h4-12H,1-3H3,(H,18,19);1H. The Morgan fingerprint density at radius 3 is 1.81 bits per heavy atom. The van der Waals surface area contributed by atoms with Crippen molar-refractivity contribution in [3.63, 3.8) is 0 Å². The SMILES string of the molecule is CC(C)(C)C(=O)Nc1ccc(Oc2ccccc2)cc1.O=CC(F)(F)F. The van der Waals surface area contributed by atoms with Crippen LogP contribution in [0.15, 0.2) is 54.6 Å². The smallest absolute Gasteiger partial charge is 0.446 e. The van der Waals surface area contributed by atoms with Crippen LogP contribution < -0.4 is 10.1 Å². The zero-order valence-electron chi connectivity index (χ0n) is 14.6. The van der Waals surface area contributed by atoms with Gasteiger partial charge in [0.1, 0.15) is 11.5 Å². The summed E-state index contributed by atoms with van der Waals surface area (Å²) in [5, 5.41) is 2.88. The van der Waals surface area contributed by atoms with Crippen LogP contribution in [0.1, 0.15) is 20.8 Å². The third kappa shape index (κ3) is 8.32. The molecule has 0 heterocycles. The number of nitrogens with one attached hydrogen (secondary N) is 1. The minimum atomic E-state index is -4.64. The van der Waals surface area contributed by atoms with E-state index in [1.165, 1.54) is 0 Å². The molecule has 0 saturated heterocycles. The summed E-state index contributed by atoms with van der Waals surface area (Å²) in [7, 11) is 0. The summed E-state index contributed by atoms with van der Waals surface area (Å²) in [5.41, 5.74) is 0.365. The number of benzene rings is 2. The van der Waals surface area contributed by atoms with E-state index in [1.54, 1.807) is 0 Å². The molecule has 0 atom stereocenters. The zero-order valence-corrected chi connectivity index (χ0v) is 14.6. The van der Waals surface area contributed by atoms with Crippen LogP contribution in [0.25, 0.3) is 0 Å². The third-order valence-electron chi connectivity index (χ3n) is 2.91. The van der Waals surface area contributed by atoms with E-state index in [9.17, 15) is 18.0 Å². The molecule has 0 aromatic heterocycles. The summed E-state index contributed by atoms with van der Waals surface area (Å²) < 4.78 is 36.9. The number of para-hydroxylation sites is 1. The molecule has 0 aliphatic heterocycles. The lowest BCUT2D eigenvalue weighted by atomic mass is 9.95. The van der Waals surface area contributed by atoms with Gasteiger partial charge in [-0.3, -0.25) is 9.59 Å². The fourth-order valence-electron chi connectivity index (χ4n) is 1.55. The summed E-state index contributed by atoms with van der Waals surface area (Å²) in [6.07, 6.45) is -5.70. The molecular formula is C19H20F3NO3. The largest absolute Gasteiger partial charge is 0.457 e. The van der Waals surface area contributed by atoms with Gasteiger partial charge in [0, 0.05) is 11.1 Å². The highest BCUT2D eigenvalue weighted by Crippen LogP contribution is 2.23. The number of rotatable bonds is 3. The summed E-state index contributed by atoms with van der Waals surface area (Å²) >= 11 is 0. The molecule has 2 aromatic rings. The molecule has 7 heteroatoms. The van der Waals surface area contributed by atoms with Crippen LogP contribution in [-0.4, -0.2) is 18.4 Å². The van der Waals surface area contributed by atoms with Crippen LogP contribution >= 0.6 is 0 Å². The van der Waals surface area contributed by atoms with Crippen LogP contribution in [-0.2, 0) is 9.59 Å². The minimum Gasteiger partial charge on any atom is -0.457 e. The lowest BCUT2D eigenvalue weighted by Crippen LogP contribution is -2.27. The molecular weight excluding hydrogens is 347 g/mol. The highest BCUT2D eigenvalue weighted by molar-refractivity contribution is 5.94. The van der Waals surface area contributed by atoms with Gasteiger partial charge in [0.05, 0.1) is 0 Å². The topological polar surface area (TPSA) is 55.4 Å². The molecule has 0 aliphatic carbocycles. The molecule has 4 nitrogen and oxygen atoms in total. The molecule has 1 amide bonds. The van der Waals surface area contributed by atoms with Crippen molar-refractivity contribution in [3.05, 3.63) is 54.6 Å². The van der Waals surface area contributed by atoms with Gasteiger partial charge in [-0.25, -0.2) is 0 Å². The number of hydrogen-bond donors (Lipinski definition) is 1. The highest BCUT2D eigenvalue weighted by Gasteiger charge is 2.25. The van der Waals surface area contributed by atoms with Crippen molar-refractivity contribution in [1.82, 2.24) is 0 Å². The minimum absolute atomic E-state index is 0.00534. The number of amides is 1. The van der Waals surface area contributed by atoms with Gasteiger partial charge in [0.2, 0.25) is 12.2 Å². The summed E-state index contributed by atoms with van der Waals surface area (Å²) in [4.78, 5) is 20.6. The Morgan fingerprint density at radius 1 is 0.923 bits per heavy atom. The van der Waals surface area contributed by atoms with Crippen molar-refractivity contribution >= 4 is 17.9 Å². The van der Waals surface area contributed by atoms with Crippen molar-refractivity contribution in [1.29, 1.82) is 0 Å². The van der Waals surface area contributed by atoms with Crippen molar-refractivity contribution in [2.75, 3.05) is 5.32 Å². The zero-order chi connectivity index (χ0) is 19.8. The van der Waals surface area contributed by atoms with Crippen molar-refractivity contribution in [2.45, 2.75) is 26.9 Å². The van der Waals surface area contributed by atoms with Crippen LogP contribution in [0.4, 0.5) is 18.9 Å². The predicted molar refractivity (Wildman–Crippen MR) is 93.2 cm³/mol. The van der Waals surface area contributed by atoms with E-state index in [4.69, 9.17) is 9.53 Å². The van der Waals surface area contributed by atoms with Crippen LogP contribution in [0.2, 0.25) is 0 Å². The number of halogens is 3. The van der Waals surface area contributed by atoms with Gasteiger partial charge in [-0.05, 0) is 36.4 Å². The maximum Gasteiger partial charge on any atom is 0.446 e. The first kappa shape index (κ1) is 21.2. The number of anilines is 1. The fraction of sp³-hybridized carbons (Fsp3) is 0.263. The van der Waals surface area contributed by atoms with Crippen LogP contribution in [0.3, 0.4) is 0 Å². The Kier molecular flexibility index (Phi) is 7.37. The lowest BCUT2D eigenvalue weighted by Gasteiger charge is -2.17. The maximum absolute atomic E-state index is 11.9. The van der Waals surface area contributed by atoms with Crippen LogP contribution in [0.5, 0.6) is 11.5 Å². The number of carbonyl (C=O) groups is 2. The van der Waals surface area contributed by atoms with E-state index < -0.39 is 17.9 Å². The monoisotopic (exact) mass is 367 g/mol. The van der Waals surface area contributed by atoms with Gasteiger partial charge < -0.3 is 10.1 Å². The molecule has 1 N–H and O–H groups in total. The van der Waals surface area contributed by atoms with Crippen molar-refractivity contribution in [3.8, 4) is 11.5 Å². The number of hydrogen-bond acceptors (Lipinski definition) is 3. The Hall–Kier alpha value is -2.83. The Labute approximate surface area is 150 Å². The average Bonchev–Trinajstić information content (AvgIpc) is 2.56. The van der Waals surface area contributed by atoms with Gasteiger partial charge in [-0.1, -0.05) is 39.0 Å². The molecule has 0 unspecified atom stereocenters. The maximum atomic E-state index is 11.9. The highest BCUT2D eigenvalue weighted by atomic mass is 19.4. The lowest BCUT2D eigenvalue weighted by molar-refractivity contribution is -0.156. The summed E-state index contributed by atoms with van der Waals surface area (Å²) in [6.45, 7) is 5.65. The molecule has 0 spiro atoms. The average molecular weight is 367 g/mol. The first-order chi connectivity index (χ1) is 12.0. The molecule has 0 saturated carbocycles. The first-order valence-corrected chi connectivity index (χ1v) is 7.69. The van der Waals surface area contributed by atoms with Gasteiger partial charge in [-0.2, -0.15) is 13.2 Å². The molecule has 26 heavy (non-hydrogen) atoms. The van der Waals surface area contributed by atoms with Gasteiger partial charge in [0.15, 0.2) is 0 Å². The predicted octanol–water partition coefficient (Wildman–Crippen LogP) is 5.21. The van der Waals surface area contributed by atoms with Crippen molar-refractivity contribution < 1.29 is 27.5 Å². The van der Waals surface area contributed by atoms with E-state index in [0.29, 0.717) is 0 Å². The molecule has 0 fully saturated rings. The second-order valence-corrected chi connectivity index (χ2v) is 6.30. The number of alkyl halides is 3. The fourth-order valence-corrected chi connectivity index (χ4v) is 1.55. The van der Waals surface area contributed by atoms with Crippen molar-refractivity contribution in [2.24, 2.45) is 5.41 Å². The van der Waals surface area contributed by atoms with Gasteiger partial charge in [0.25, 0.3) is 0 Å². The summed E-state index contributed by atoms with van der Waals surface area (Å²) in [5.74, 6) is 1.53. The molecule has 0 radical (unpaired) electrons. The molecule has 0 bridgehead atoms. The van der Waals surface area contributed by atoms with E-state index in [0.717, 1.165) is 17.2 Å². The van der Waals surface area contributed by atoms with E-state index in [2.05, 4.69) is 5.32 Å². The number of ether oxygens (including phenoxy) is 1.